The first-order valence-electron chi connectivity index (χ1n) is 11.6. The molecule has 1 aliphatic rings. The Balaban J connectivity index is 0.000000944. The van der Waals surface area contributed by atoms with E-state index in [1.807, 2.05) is 37.9 Å². The lowest BCUT2D eigenvalue weighted by molar-refractivity contribution is -0.137. The minimum Gasteiger partial charge on any atom is -0.369 e. The molecule has 180 valence electrons. The van der Waals surface area contributed by atoms with E-state index in [-0.39, 0.29) is 0 Å². The summed E-state index contributed by atoms with van der Waals surface area (Å²) in [7, 11) is 0. The number of carbonyl (C=O) groups excluding carboxylic acids is 1. The molecule has 1 aromatic heterocycles. The third-order valence-corrected chi connectivity index (χ3v) is 5.19. The Kier molecular flexibility index (Phi) is 12.1. The van der Waals surface area contributed by atoms with Gasteiger partial charge in [0.15, 0.2) is 6.29 Å². The summed E-state index contributed by atoms with van der Waals surface area (Å²) >= 11 is 0. The van der Waals surface area contributed by atoms with Gasteiger partial charge in [0.05, 0.1) is 5.56 Å². The quantitative estimate of drug-likeness (QED) is 0.482. The van der Waals surface area contributed by atoms with Gasteiger partial charge in [0, 0.05) is 55.9 Å². The molecule has 0 radical (unpaired) electrons. The molecule has 0 N–H and O–H groups in total. The number of nitrogens with zero attached hydrogens (tertiary/aromatic N) is 3. The van der Waals surface area contributed by atoms with Gasteiger partial charge in [0.2, 0.25) is 0 Å². The van der Waals surface area contributed by atoms with E-state index in [2.05, 4.69) is 23.3 Å². The van der Waals surface area contributed by atoms with Crippen molar-refractivity contribution in [2.45, 2.75) is 60.2 Å². The summed E-state index contributed by atoms with van der Waals surface area (Å²) in [5, 5.41) is 0. The number of rotatable bonds is 6. The first-order valence-corrected chi connectivity index (χ1v) is 11.6. The molecule has 0 bridgehead atoms. The zero-order valence-electron chi connectivity index (χ0n) is 20.1. The molecule has 1 fully saturated rings. The van der Waals surface area contributed by atoms with Crippen LogP contribution in [0.3, 0.4) is 0 Å². The second-order valence-electron chi connectivity index (χ2n) is 7.61. The lowest BCUT2D eigenvalue weighted by Crippen LogP contribution is -2.46. The summed E-state index contributed by atoms with van der Waals surface area (Å²) in [6.45, 7) is 15.1. The molecule has 1 aromatic carbocycles. The van der Waals surface area contributed by atoms with Crippen LogP contribution in [-0.4, -0.2) is 48.5 Å². The number of aryl methyl sites for hydroxylation is 1. The molecule has 0 amide bonds. The fourth-order valence-corrected chi connectivity index (χ4v) is 3.51. The molecule has 0 spiro atoms. The van der Waals surface area contributed by atoms with Crippen molar-refractivity contribution in [3.05, 3.63) is 53.3 Å². The highest BCUT2D eigenvalue weighted by atomic mass is 19.4. The SMILES string of the molecule is CC.CCC.Cc1c(C=O)ccn1CCCN1CCN(c2cccc(C(F)(F)F)c2)CC1. The number of carbonyl (C=O) groups is 1. The average molecular weight is 454 g/mol. The van der Waals surface area contributed by atoms with E-state index < -0.39 is 11.7 Å². The number of piperazine rings is 1. The number of benzene rings is 1. The molecule has 2 aromatic rings. The number of hydrogen-bond donors (Lipinski definition) is 0. The van der Waals surface area contributed by atoms with Gasteiger partial charge in [-0.25, -0.2) is 0 Å². The van der Waals surface area contributed by atoms with Gasteiger partial charge >= 0.3 is 6.18 Å². The third kappa shape index (κ3) is 8.34. The van der Waals surface area contributed by atoms with Crippen molar-refractivity contribution in [3.63, 3.8) is 0 Å². The Bertz CT molecular complexity index is 794. The summed E-state index contributed by atoms with van der Waals surface area (Å²) in [4.78, 5) is 15.2. The average Bonchev–Trinajstić information content (AvgIpc) is 3.15. The molecule has 0 saturated carbocycles. The van der Waals surface area contributed by atoms with Gasteiger partial charge in [-0.2, -0.15) is 13.2 Å². The van der Waals surface area contributed by atoms with Crippen LogP contribution in [0.15, 0.2) is 36.5 Å². The number of halogens is 3. The lowest BCUT2D eigenvalue weighted by atomic mass is 10.1. The zero-order chi connectivity index (χ0) is 24.1. The van der Waals surface area contributed by atoms with E-state index in [4.69, 9.17) is 0 Å². The van der Waals surface area contributed by atoms with E-state index in [1.165, 1.54) is 18.6 Å². The smallest absolute Gasteiger partial charge is 0.369 e. The molecule has 32 heavy (non-hydrogen) atoms. The molecule has 1 saturated heterocycles. The standard InChI is InChI=1S/C20H24F3N3O.C3H8.C2H6/c1-16-17(15-27)6-9-25(16)8-3-7-24-10-12-26(13-11-24)19-5-2-4-18(14-19)20(21,22)23;1-3-2;1-2/h2,4-6,9,14-15H,3,7-8,10-13H2,1H3;3H2,1-2H3;1-2H3. The minimum atomic E-state index is -4.31. The Hall–Kier alpha value is -2.28. The summed E-state index contributed by atoms with van der Waals surface area (Å²) in [5.74, 6) is 0. The van der Waals surface area contributed by atoms with Crippen molar-refractivity contribution >= 4 is 12.0 Å². The van der Waals surface area contributed by atoms with Crippen LogP contribution >= 0.6 is 0 Å². The zero-order valence-corrected chi connectivity index (χ0v) is 20.1. The maximum Gasteiger partial charge on any atom is 0.416 e. The van der Waals surface area contributed by atoms with Crippen LogP contribution in [0.2, 0.25) is 0 Å². The Morgan fingerprint density at radius 1 is 1.00 bits per heavy atom. The van der Waals surface area contributed by atoms with Crippen molar-refractivity contribution in [1.82, 2.24) is 9.47 Å². The molecular formula is C25H38F3N3O. The maximum atomic E-state index is 12.9. The van der Waals surface area contributed by atoms with E-state index in [9.17, 15) is 18.0 Å². The van der Waals surface area contributed by atoms with Gasteiger partial charge in [-0.15, -0.1) is 0 Å². The van der Waals surface area contributed by atoms with Crippen LogP contribution < -0.4 is 4.90 Å². The van der Waals surface area contributed by atoms with Crippen molar-refractivity contribution in [1.29, 1.82) is 0 Å². The molecule has 2 heterocycles. The Labute approximate surface area is 191 Å². The molecule has 4 nitrogen and oxygen atoms in total. The second kappa shape index (κ2) is 14.0. The largest absolute Gasteiger partial charge is 0.416 e. The molecule has 3 rings (SSSR count). The van der Waals surface area contributed by atoms with Gasteiger partial charge in [0.1, 0.15) is 0 Å². The summed E-state index contributed by atoms with van der Waals surface area (Å²) in [6.07, 6.45) is 0.721. The number of alkyl halides is 3. The third-order valence-electron chi connectivity index (χ3n) is 5.19. The van der Waals surface area contributed by atoms with Crippen LogP contribution in [0, 0.1) is 6.92 Å². The second-order valence-corrected chi connectivity index (χ2v) is 7.61. The van der Waals surface area contributed by atoms with Crippen molar-refractivity contribution in [2.24, 2.45) is 0 Å². The first kappa shape index (κ1) is 27.8. The Morgan fingerprint density at radius 2 is 1.62 bits per heavy atom. The van der Waals surface area contributed by atoms with Crippen LogP contribution in [-0.2, 0) is 12.7 Å². The van der Waals surface area contributed by atoms with Crippen LogP contribution in [0.25, 0.3) is 0 Å². The number of aromatic nitrogens is 1. The monoisotopic (exact) mass is 453 g/mol. The summed E-state index contributed by atoms with van der Waals surface area (Å²) in [6, 6.07) is 7.38. The summed E-state index contributed by atoms with van der Waals surface area (Å²) in [5.41, 5.74) is 1.75. The van der Waals surface area contributed by atoms with Crippen LogP contribution in [0.1, 0.15) is 62.2 Å². The molecule has 0 unspecified atom stereocenters. The maximum absolute atomic E-state index is 12.9. The van der Waals surface area contributed by atoms with E-state index in [0.29, 0.717) is 5.69 Å². The Morgan fingerprint density at radius 3 is 2.16 bits per heavy atom. The van der Waals surface area contributed by atoms with Gasteiger partial charge in [0.25, 0.3) is 0 Å². The predicted molar refractivity (Wildman–Crippen MR) is 127 cm³/mol. The lowest BCUT2D eigenvalue weighted by Gasteiger charge is -2.36. The minimum absolute atomic E-state index is 0.598. The number of hydrogen-bond acceptors (Lipinski definition) is 3. The molecular weight excluding hydrogens is 415 g/mol. The number of anilines is 1. The normalized spacial score (nSPS) is 14.2. The van der Waals surface area contributed by atoms with E-state index in [1.54, 1.807) is 6.07 Å². The van der Waals surface area contributed by atoms with Crippen molar-refractivity contribution < 1.29 is 18.0 Å². The van der Waals surface area contributed by atoms with Crippen molar-refractivity contribution in [2.75, 3.05) is 37.6 Å². The molecule has 7 heteroatoms. The molecule has 0 atom stereocenters. The fraction of sp³-hybridized carbons (Fsp3) is 0.560. The van der Waals surface area contributed by atoms with Crippen LogP contribution in [0.5, 0.6) is 0 Å². The van der Waals surface area contributed by atoms with Gasteiger partial charge in [-0.1, -0.05) is 40.2 Å². The first-order chi connectivity index (χ1) is 15.3. The van der Waals surface area contributed by atoms with Gasteiger partial charge < -0.3 is 9.47 Å². The van der Waals surface area contributed by atoms with Gasteiger partial charge in [-0.3, -0.25) is 9.69 Å². The topological polar surface area (TPSA) is 28.5 Å². The van der Waals surface area contributed by atoms with E-state index >= 15 is 0 Å². The molecule has 0 aliphatic carbocycles. The van der Waals surface area contributed by atoms with Crippen molar-refractivity contribution in [3.8, 4) is 0 Å². The fourth-order valence-electron chi connectivity index (χ4n) is 3.51. The number of aldehydes is 1. The highest BCUT2D eigenvalue weighted by Gasteiger charge is 2.31. The highest BCUT2D eigenvalue weighted by molar-refractivity contribution is 5.76. The van der Waals surface area contributed by atoms with E-state index in [0.717, 1.165) is 69.3 Å². The van der Waals surface area contributed by atoms with Gasteiger partial charge in [-0.05, 0) is 44.2 Å². The molecule has 1 aliphatic heterocycles. The highest BCUT2D eigenvalue weighted by Crippen LogP contribution is 2.31. The van der Waals surface area contributed by atoms with Crippen LogP contribution in [0.4, 0.5) is 18.9 Å². The summed E-state index contributed by atoms with van der Waals surface area (Å²) < 4.78 is 40.7. The predicted octanol–water partition coefficient (Wildman–Crippen LogP) is 6.28.